The van der Waals surface area contributed by atoms with Crippen molar-refractivity contribution in [3.8, 4) is 0 Å². The zero-order valence-electron chi connectivity index (χ0n) is 13.8. The molecule has 0 amide bonds. The van der Waals surface area contributed by atoms with Gasteiger partial charge in [-0.25, -0.2) is 0 Å². The van der Waals surface area contributed by atoms with Gasteiger partial charge in [-0.15, -0.1) is 0 Å². The van der Waals surface area contributed by atoms with E-state index in [1.54, 1.807) is 0 Å². The fourth-order valence-electron chi connectivity index (χ4n) is 2.32. The molecule has 0 bridgehead atoms. The summed E-state index contributed by atoms with van der Waals surface area (Å²) in [5.74, 6) is 0.637. The lowest BCUT2D eigenvalue weighted by Crippen LogP contribution is -2.30. The second-order valence-electron chi connectivity index (χ2n) is 6.33. The number of aryl methyl sites for hydroxylation is 1. The second kappa shape index (κ2) is 9.15. The highest BCUT2D eigenvalue weighted by Gasteiger charge is 2.11. The van der Waals surface area contributed by atoms with Gasteiger partial charge in [0.2, 0.25) is 0 Å². The van der Waals surface area contributed by atoms with Gasteiger partial charge >= 0.3 is 0 Å². The lowest BCUT2D eigenvalue weighted by atomic mass is 9.95. The number of ether oxygens (including phenoxy) is 1. The molecule has 1 unspecified atom stereocenters. The Bertz CT molecular complexity index is 373. The smallest absolute Gasteiger partial charge is 0.0518 e. The highest BCUT2D eigenvalue weighted by molar-refractivity contribution is 5.22. The van der Waals surface area contributed by atoms with E-state index in [2.05, 4.69) is 64.2 Å². The van der Waals surface area contributed by atoms with Gasteiger partial charge < -0.3 is 10.1 Å². The Morgan fingerprint density at radius 1 is 1.15 bits per heavy atom. The van der Waals surface area contributed by atoms with Crippen LogP contribution in [0, 0.1) is 12.8 Å². The Balaban J connectivity index is 2.52. The number of hydrogen-bond donors (Lipinski definition) is 1. The van der Waals surface area contributed by atoms with E-state index in [4.69, 9.17) is 4.74 Å². The van der Waals surface area contributed by atoms with Crippen LogP contribution in [0.2, 0.25) is 0 Å². The first-order chi connectivity index (χ1) is 9.47. The maximum absolute atomic E-state index is 5.71. The minimum absolute atomic E-state index is 0.327. The van der Waals surface area contributed by atoms with Gasteiger partial charge in [0.05, 0.1) is 6.10 Å². The first kappa shape index (κ1) is 17.2. The third kappa shape index (κ3) is 7.66. The Morgan fingerprint density at radius 3 is 2.50 bits per heavy atom. The zero-order valence-corrected chi connectivity index (χ0v) is 13.8. The molecular formula is C18H31NO. The summed E-state index contributed by atoms with van der Waals surface area (Å²) in [6, 6.07) is 9.39. The Morgan fingerprint density at radius 2 is 1.90 bits per heavy atom. The molecule has 0 heterocycles. The fourth-order valence-corrected chi connectivity index (χ4v) is 2.32. The minimum atomic E-state index is 0.327. The van der Waals surface area contributed by atoms with Crippen LogP contribution in [-0.4, -0.2) is 25.3 Å². The summed E-state index contributed by atoms with van der Waals surface area (Å²) in [7, 11) is 0. The molecule has 0 aromatic heterocycles. The van der Waals surface area contributed by atoms with Gasteiger partial charge in [-0.1, -0.05) is 43.7 Å². The lowest BCUT2D eigenvalue weighted by molar-refractivity contribution is 0.0681. The molecular weight excluding hydrogens is 246 g/mol. The number of benzene rings is 1. The van der Waals surface area contributed by atoms with E-state index in [-0.39, 0.29) is 0 Å². The SMILES string of the molecule is Cc1cccc(CC(CCOC(C)C)CNC(C)C)c1. The first-order valence-corrected chi connectivity index (χ1v) is 7.88. The normalized spacial score (nSPS) is 13.2. The topological polar surface area (TPSA) is 21.3 Å². The average Bonchev–Trinajstić information content (AvgIpc) is 2.35. The Kier molecular flexibility index (Phi) is 7.86. The van der Waals surface area contributed by atoms with Crippen molar-refractivity contribution in [1.82, 2.24) is 5.32 Å². The molecule has 0 saturated carbocycles. The summed E-state index contributed by atoms with van der Waals surface area (Å²) in [4.78, 5) is 0. The van der Waals surface area contributed by atoms with Crippen molar-refractivity contribution in [3.63, 3.8) is 0 Å². The highest BCUT2D eigenvalue weighted by Crippen LogP contribution is 2.14. The van der Waals surface area contributed by atoms with E-state index in [9.17, 15) is 0 Å². The number of rotatable bonds is 9. The van der Waals surface area contributed by atoms with Crippen LogP contribution in [0.25, 0.3) is 0 Å². The molecule has 0 aliphatic carbocycles. The second-order valence-corrected chi connectivity index (χ2v) is 6.33. The van der Waals surface area contributed by atoms with Gasteiger partial charge in [-0.2, -0.15) is 0 Å². The summed E-state index contributed by atoms with van der Waals surface area (Å²) in [6.45, 7) is 12.7. The van der Waals surface area contributed by atoms with Gasteiger partial charge in [0.15, 0.2) is 0 Å². The summed E-state index contributed by atoms with van der Waals surface area (Å²) >= 11 is 0. The standard InChI is InChI=1S/C18H31NO/c1-14(2)19-13-18(9-10-20-15(3)4)12-17-8-6-7-16(5)11-17/h6-8,11,14-15,18-19H,9-10,12-13H2,1-5H3. The van der Waals surface area contributed by atoms with Crippen molar-refractivity contribution >= 4 is 0 Å². The van der Waals surface area contributed by atoms with Crippen molar-refractivity contribution in [2.24, 2.45) is 5.92 Å². The summed E-state index contributed by atoms with van der Waals surface area (Å²) in [5.41, 5.74) is 2.78. The lowest BCUT2D eigenvalue weighted by Gasteiger charge is -2.20. The van der Waals surface area contributed by atoms with E-state index >= 15 is 0 Å². The highest BCUT2D eigenvalue weighted by atomic mass is 16.5. The molecule has 1 aromatic carbocycles. The van der Waals surface area contributed by atoms with Crippen LogP contribution >= 0.6 is 0 Å². The van der Waals surface area contributed by atoms with Crippen LogP contribution in [0.4, 0.5) is 0 Å². The predicted molar refractivity (Wildman–Crippen MR) is 87.2 cm³/mol. The summed E-state index contributed by atoms with van der Waals surface area (Å²) in [6.07, 6.45) is 2.57. The van der Waals surface area contributed by atoms with Crippen LogP contribution in [0.5, 0.6) is 0 Å². The zero-order chi connectivity index (χ0) is 15.0. The van der Waals surface area contributed by atoms with Crippen LogP contribution < -0.4 is 5.32 Å². The van der Waals surface area contributed by atoms with E-state index in [1.165, 1.54) is 11.1 Å². The average molecular weight is 277 g/mol. The monoisotopic (exact) mass is 277 g/mol. The molecule has 1 rings (SSSR count). The van der Waals surface area contributed by atoms with E-state index < -0.39 is 0 Å². The summed E-state index contributed by atoms with van der Waals surface area (Å²) in [5, 5.41) is 3.56. The largest absolute Gasteiger partial charge is 0.379 e. The van der Waals surface area contributed by atoms with E-state index in [1.807, 2.05) is 0 Å². The van der Waals surface area contributed by atoms with Crippen molar-refractivity contribution < 1.29 is 4.74 Å². The number of nitrogens with one attached hydrogen (secondary N) is 1. The van der Waals surface area contributed by atoms with Crippen LogP contribution in [0.15, 0.2) is 24.3 Å². The van der Waals surface area contributed by atoms with Crippen molar-refractivity contribution in [3.05, 3.63) is 35.4 Å². The molecule has 0 aliphatic heterocycles. The quantitative estimate of drug-likeness (QED) is 0.737. The van der Waals surface area contributed by atoms with Crippen molar-refractivity contribution in [2.45, 2.75) is 59.6 Å². The maximum Gasteiger partial charge on any atom is 0.0518 e. The van der Waals surface area contributed by atoms with Gasteiger partial charge in [0.25, 0.3) is 0 Å². The number of hydrogen-bond acceptors (Lipinski definition) is 2. The van der Waals surface area contributed by atoms with Gasteiger partial charge in [-0.3, -0.25) is 0 Å². The third-order valence-electron chi connectivity index (χ3n) is 3.40. The van der Waals surface area contributed by atoms with Gasteiger partial charge in [-0.05, 0) is 51.6 Å². The van der Waals surface area contributed by atoms with Crippen LogP contribution in [0.3, 0.4) is 0 Å². The fraction of sp³-hybridized carbons (Fsp3) is 0.667. The molecule has 114 valence electrons. The molecule has 0 fully saturated rings. The molecule has 20 heavy (non-hydrogen) atoms. The summed E-state index contributed by atoms with van der Waals surface area (Å²) < 4.78 is 5.71. The molecule has 0 aliphatic rings. The van der Waals surface area contributed by atoms with Crippen molar-refractivity contribution in [1.29, 1.82) is 0 Å². The van der Waals surface area contributed by atoms with Crippen LogP contribution in [-0.2, 0) is 11.2 Å². The molecule has 1 aromatic rings. The van der Waals surface area contributed by atoms with E-state index in [0.717, 1.165) is 26.0 Å². The minimum Gasteiger partial charge on any atom is -0.379 e. The first-order valence-electron chi connectivity index (χ1n) is 7.88. The maximum atomic E-state index is 5.71. The van der Waals surface area contributed by atoms with Gasteiger partial charge in [0.1, 0.15) is 0 Å². The molecule has 0 spiro atoms. The Hall–Kier alpha value is -0.860. The van der Waals surface area contributed by atoms with Gasteiger partial charge in [0, 0.05) is 12.6 Å². The molecule has 2 heteroatoms. The molecule has 0 saturated heterocycles. The molecule has 0 radical (unpaired) electrons. The molecule has 2 nitrogen and oxygen atoms in total. The van der Waals surface area contributed by atoms with E-state index in [0.29, 0.717) is 18.1 Å². The predicted octanol–water partition coefficient (Wildman–Crippen LogP) is 3.97. The van der Waals surface area contributed by atoms with Crippen LogP contribution in [0.1, 0.15) is 45.2 Å². The molecule has 1 N–H and O–H groups in total. The Labute approximate surface area is 124 Å². The third-order valence-corrected chi connectivity index (χ3v) is 3.40. The molecule has 1 atom stereocenters. The van der Waals surface area contributed by atoms with Crippen molar-refractivity contribution in [2.75, 3.05) is 13.2 Å².